The van der Waals surface area contributed by atoms with Crippen LogP contribution in [0.25, 0.3) is 0 Å². The smallest absolute Gasteiger partial charge is 0.0849 e. The number of piperidine rings is 3. The lowest BCUT2D eigenvalue weighted by atomic mass is 9.70. The summed E-state index contributed by atoms with van der Waals surface area (Å²) < 4.78 is 11.5. The van der Waals surface area contributed by atoms with E-state index in [9.17, 15) is 5.11 Å². The molecule has 0 saturated carbocycles. The fourth-order valence-electron chi connectivity index (χ4n) is 10.3. The maximum atomic E-state index is 10.8. The molecule has 9 nitrogen and oxygen atoms in total. The molecule has 3 aromatic carbocycles. The Balaban J connectivity index is 1.27. The topological polar surface area (TPSA) is 126 Å². The van der Waals surface area contributed by atoms with Gasteiger partial charge >= 0.3 is 0 Å². The number of nitrogens with zero attached hydrogens (tertiary/aromatic N) is 3. The first-order valence-corrected chi connectivity index (χ1v) is 22.8. The highest BCUT2D eigenvalue weighted by Crippen LogP contribution is 2.39. The molecule has 0 bridgehead atoms. The summed E-state index contributed by atoms with van der Waals surface area (Å²) >= 11 is 0. The Hall–Kier alpha value is -2.70. The van der Waals surface area contributed by atoms with E-state index in [1.807, 2.05) is 0 Å². The molecule has 3 aliphatic rings. The number of likely N-dealkylation sites (tertiary alicyclic amines) is 3. The molecule has 0 spiro atoms. The molecule has 60 heavy (non-hydrogen) atoms. The fourth-order valence-corrected chi connectivity index (χ4v) is 10.3. The molecule has 3 heterocycles. The molecule has 0 aromatic heterocycles. The Labute approximate surface area is 363 Å². The average Bonchev–Trinajstić information content (AvgIpc) is 3.20. The Bertz CT molecular complexity index is 1850. The second kappa shape index (κ2) is 19.4. The molecule has 3 saturated heterocycles. The molecule has 0 radical (unpaired) electrons. The summed E-state index contributed by atoms with van der Waals surface area (Å²) in [4.78, 5) is 7.46. The third-order valence-electron chi connectivity index (χ3n) is 14.3. The zero-order valence-corrected chi connectivity index (χ0v) is 38.7. The normalized spacial score (nSPS) is 23.9. The van der Waals surface area contributed by atoms with E-state index < -0.39 is 5.60 Å². The highest BCUT2D eigenvalue weighted by atomic mass is 16.5. The van der Waals surface area contributed by atoms with Crippen molar-refractivity contribution < 1.29 is 14.6 Å². The number of rotatable bonds is 15. The van der Waals surface area contributed by atoms with Crippen LogP contribution in [0.2, 0.25) is 0 Å². The molecule has 7 N–H and O–H groups in total. The summed E-state index contributed by atoms with van der Waals surface area (Å²) in [6.07, 6.45) is 5.37. The molecule has 0 amide bonds. The second-order valence-corrected chi connectivity index (χ2v) is 21.2. The molecule has 3 aromatic rings. The number of hydrogen-bond acceptors (Lipinski definition) is 9. The minimum atomic E-state index is -0.724. The number of ether oxygens (including phenoxy) is 2. The average molecular weight is 825 g/mol. The largest absolute Gasteiger partial charge is 0.388 e. The van der Waals surface area contributed by atoms with E-state index in [4.69, 9.17) is 26.7 Å². The van der Waals surface area contributed by atoms with Gasteiger partial charge in [-0.15, -0.1) is 0 Å². The molecular formula is C51H80N6O3. The summed E-state index contributed by atoms with van der Waals surface area (Å²) in [5, 5.41) is 10.8. The summed E-state index contributed by atoms with van der Waals surface area (Å²) in [5.74, 6) is 0. The quantitative estimate of drug-likeness (QED) is 0.138. The van der Waals surface area contributed by atoms with Gasteiger partial charge in [0.1, 0.15) is 0 Å². The number of hydrogen-bond donors (Lipinski definition) is 4. The third kappa shape index (κ3) is 11.7. The summed E-state index contributed by atoms with van der Waals surface area (Å²) in [5.41, 5.74) is 28.8. The molecule has 3 fully saturated rings. The standard InChI is InChI=1S/C51H80N6O3/c1-48(2,3)42-16-12-37(31-55-24-20-51(58,35-52)21-25-55)26-39(42)29-50(6,7)43-17-13-38(32-57-23-19-45(54)47(34-57)60-9)27-40(43)28-49(4,5)41-14-10-36(11-15-41)30-56-22-18-44(53)46(33-56)59-8/h10-17,26-27,44-47,58H,18-25,28-35,52-54H2,1-9H3/t44-,45-,46+,47-/m1/s1. The Morgan fingerprint density at radius 3 is 1.57 bits per heavy atom. The van der Waals surface area contributed by atoms with Gasteiger partial charge < -0.3 is 31.8 Å². The summed E-state index contributed by atoms with van der Waals surface area (Å²) in [6, 6.07) is 24.1. The third-order valence-corrected chi connectivity index (χ3v) is 14.3. The van der Waals surface area contributed by atoms with Crippen LogP contribution in [0.1, 0.15) is 119 Å². The van der Waals surface area contributed by atoms with E-state index in [1.165, 1.54) is 44.5 Å². The van der Waals surface area contributed by atoms with E-state index in [0.717, 1.165) is 97.4 Å². The van der Waals surface area contributed by atoms with Crippen molar-refractivity contribution in [3.05, 3.63) is 105 Å². The van der Waals surface area contributed by atoms with Crippen molar-refractivity contribution in [1.29, 1.82) is 0 Å². The van der Waals surface area contributed by atoms with Crippen molar-refractivity contribution in [3.63, 3.8) is 0 Å². The Morgan fingerprint density at radius 2 is 1.07 bits per heavy atom. The summed E-state index contributed by atoms with van der Waals surface area (Å²) in [6.45, 7) is 25.2. The van der Waals surface area contributed by atoms with E-state index in [-0.39, 0.29) is 40.5 Å². The Kier molecular flexibility index (Phi) is 15.1. The molecule has 9 heteroatoms. The van der Waals surface area contributed by atoms with Crippen molar-refractivity contribution in [2.24, 2.45) is 17.2 Å². The van der Waals surface area contributed by atoms with Gasteiger partial charge in [0.25, 0.3) is 0 Å². The van der Waals surface area contributed by atoms with Crippen LogP contribution in [0.3, 0.4) is 0 Å². The van der Waals surface area contributed by atoms with Gasteiger partial charge in [-0.05, 0) is 99.3 Å². The maximum Gasteiger partial charge on any atom is 0.0849 e. The van der Waals surface area contributed by atoms with Crippen LogP contribution >= 0.6 is 0 Å². The molecule has 4 atom stereocenters. The van der Waals surface area contributed by atoms with Gasteiger partial charge in [-0.3, -0.25) is 14.7 Å². The van der Waals surface area contributed by atoms with Crippen LogP contribution in [0.15, 0.2) is 60.7 Å². The number of methoxy groups -OCH3 is 2. The van der Waals surface area contributed by atoms with Crippen LogP contribution in [0, 0.1) is 0 Å². The lowest BCUT2D eigenvalue weighted by Gasteiger charge is -2.38. The highest BCUT2D eigenvalue weighted by molar-refractivity contribution is 5.44. The van der Waals surface area contributed by atoms with Gasteiger partial charge in [0.15, 0.2) is 0 Å². The lowest BCUT2D eigenvalue weighted by molar-refractivity contribution is -0.0153. The van der Waals surface area contributed by atoms with Crippen molar-refractivity contribution in [2.75, 3.05) is 60.0 Å². The first-order chi connectivity index (χ1) is 28.3. The van der Waals surface area contributed by atoms with Gasteiger partial charge in [0.05, 0.1) is 17.8 Å². The molecule has 332 valence electrons. The molecule has 6 rings (SSSR count). The van der Waals surface area contributed by atoms with Crippen molar-refractivity contribution in [2.45, 2.75) is 153 Å². The van der Waals surface area contributed by atoms with Crippen molar-refractivity contribution in [1.82, 2.24) is 14.7 Å². The zero-order chi connectivity index (χ0) is 43.5. The lowest BCUT2D eigenvalue weighted by Crippen LogP contribution is -2.51. The van der Waals surface area contributed by atoms with E-state index in [2.05, 4.69) is 124 Å². The molecule has 3 aliphatic heterocycles. The van der Waals surface area contributed by atoms with Crippen LogP contribution in [0.5, 0.6) is 0 Å². The summed E-state index contributed by atoms with van der Waals surface area (Å²) in [7, 11) is 3.56. The van der Waals surface area contributed by atoms with Crippen molar-refractivity contribution >= 4 is 0 Å². The number of aliphatic hydroxyl groups is 1. The van der Waals surface area contributed by atoms with Gasteiger partial charge in [-0.1, -0.05) is 109 Å². The SMILES string of the molecule is CO[C@H]1CN(Cc2ccc(C(C)(C)Cc3cc(CN4CC[C@@H](N)[C@H](OC)C4)ccc3C(C)(C)Cc3cc(CN4CCC(O)(CN)CC4)ccc3C(C)(C)C)cc2)CC[C@H]1N. The maximum absolute atomic E-state index is 10.8. The van der Waals surface area contributed by atoms with Crippen LogP contribution < -0.4 is 17.2 Å². The molecular weight excluding hydrogens is 745 g/mol. The predicted molar refractivity (Wildman–Crippen MR) is 247 cm³/mol. The first kappa shape index (κ1) is 46.8. The minimum Gasteiger partial charge on any atom is -0.388 e. The molecule has 0 unspecified atom stereocenters. The van der Waals surface area contributed by atoms with Crippen LogP contribution in [-0.2, 0) is 58.2 Å². The monoisotopic (exact) mass is 825 g/mol. The highest BCUT2D eigenvalue weighted by Gasteiger charge is 2.34. The number of nitrogens with two attached hydrogens (primary N) is 3. The van der Waals surface area contributed by atoms with Gasteiger partial charge in [0.2, 0.25) is 0 Å². The predicted octanol–water partition coefficient (Wildman–Crippen LogP) is 6.41. The minimum absolute atomic E-state index is 0.0108. The molecule has 0 aliphatic carbocycles. The van der Waals surface area contributed by atoms with E-state index in [1.54, 1.807) is 14.2 Å². The van der Waals surface area contributed by atoms with Crippen molar-refractivity contribution in [3.8, 4) is 0 Å². The Morgan fingerprint density at radius 1 is 0.617 bits per heavy atom. The fraction of sp³-hybridized carbons (Fsp3) is 0.647. The van der Waals surface area contributed by atoms with E-state index in [0.29, 0.717) is 6.54 Å². The van der Waals surface area contributed by atoms with Gasteiger partial charge in [-0.25, -0.2) is 0 Å². The van der Waals surface area contributed by atoms with Gasteiger partial charge in [0, 0.05) is 91.8 Å². The second-order valence-electron chi connectivity index (χ2n) is 21.2. The van der Waals surface area contributed by atoms with Crippen LogP contribution in [0.4, 0.5) is 0 Å². The van der Waals surface area contributed by atoms with Gasteiger partial charge in [-0.2, -0.15) is 0 Å². The first-order valence-electron chi connectivity index (χ1n) is 22.8. The van der Waals surface area contributed by atoms with Crippen LogP contribution in [-0.4, -0.2) is 110 Å². The van der Waals surface area contributed by atoms with E-state index >= 15 is 0 Å². The zero-order valence-electron chi connectivity index (χ0n) is 38.7. The number of benzene rings is 3.